The molecule has 1 N–H and O–H groups in total. The average Bonchev–Trinajstić information content (AvgIpc) is 2.67. The van der Waals surface area contributed by atoms with Gasteiger partial charge in [-0.1, -0.05) is 51.5 Å². The monoisotopic (exact) mass is 272 g/mol. The average molecular weight is 272 g/mol. The molecule has 2 aromatic rings. The molecule has 0 aliphatic rings. The quantitative estimate of drug-likeness (QED) is 0.887. The van der Waals surface area contributed by atoms with Crippen LogP contribution in [0.25, 0.3) is 11.3 Å². The maximum atomic E-state index is 10.5. The summed E-state index contributed by atoms with van der Waals surface area (Å²) >= 11 is 0. The largest absolute Gasteiger partial charge is 0.504 e. The Bertz CT molecular complexity index is 585. The van der Waals surface area contributed by atoms with Crippen molar-refractivity contribution in [2.45, 2.75) is 47.1 Å². The maximum absolute atomic E-state index is 10.5. The van der Waals surface area contributed by atoms with Gasteiger partial charge in [-0.2, -0.15) is 5.10 Å². The number of aryl methyl sites for hydroxylation is 2. The van der Waals surface area contributed by atoms with Crippen LogP contribution in [0, 0.1) is 12.8 Å². The topological polar surface area (TPSA) is 38.0 Å². The number of hydrogen-bond donors (Lipinski definition) is 1. The SMILES string of the molecule is CCCc1nn(CC(C)C)c(-c2ccccc2C)c1O. The third-order valence-corrected chi connectivity index (χ3v) is 3.42. The lowest BCUT2D eigenvalue weighted by atomic mass is 10.0. The molecule has 0 aliphatic heterocycles. The summed E-state index contributed by atoms with van der Waals surface area (Å²) in [6.45, 7) is 9.33. The number of aromatic hydroxyl groups is 1. The van der Waals surface area contributed by atoms with E-state index in [1.807, 2.05) is 16.8 Å². The molecule has 1 aromatic carbocycles. The van der Waals surface area contributed by atoms with E-state index in [-0.39, 0.29) is 0 Å². The molecule has 0 radical (unpaired) electrons. The highest BCUT2D eigenvalue weighted by Crippen LogP contribution is 2.35. The molecule has 2 rings (SSSR count). The van der Waals surface area contributed by atoms with E-state index in [0.29, 0.717) is 11.7 Å². The van der Waals surface area contributed by atoms with Crippen LogP contribution in [0.15, 0.2) is 24.3 Å². The third-order valence-electron chi connectivity index (χ3n) is 3.42. The Kier molecular flexibility index (Phi) is 4.48. The van der Waals surface area contributed by atoms with E-state index in [1.165, 1.54) is 0 Å². The maximum Gasteiger partial charge on any atom is 0.164 e. The highest BCUT2D eigenvalue weighted by atomic mass is 16.3. The summed E-state index contributed by atoms with van der Waals surface area (Å²) in [5.74, 6) is 0.841. The number of nitrogens with zero attached hydrogens (tertiary/aromatic N) is 2. The summed E-state index contributed by atoms with van der Waals surface area (Å²) in [6.07, 6.45) is 1.80. The molecule has 3 heteroatoms. The Balaban J connectivity index is 2.57. The highest BCUT2D eigenvalue weighted by molar-refractivity contribution is 5.70. The highest BCUT2D eigenvalue weighted by Gasteiger charge is 2.19. The molecular formula is C17H24N2O. The lowest BCUT2D eigenvalue weighted by Gasteiger charge is -2.11. The van der Waals surface area contributed by atoms with Gasteiger partial charge < -0.3 is 5.11 Å². The van der Waals surface area contributed by atoms with E-state index in [4.69, 9.17) is 0 Å². The number of hydrogen-bond acceptors (Lipinski definition) is 2. The zero-order chi connectivity index (χ0) is 14.7. The Hall–Kier alpha value is -1.77. The fourth-order valence-electron chi connectivity index (χ4n) is 2.49. The van der Waals surface area contributed by atoms with Gasteiger partial charge in [0.2, 0.25) is 0 Å². The molecule has 0 saturated heterocycles. The number of rotatable bonds is 5. The van der Waals surface area contributed by atoms with Crippen LogP contribution in [0.2, 0.25) is 0 Å². The van der Waals surface area contributed by atoms with Gasteiger partial charge in [-0.15, -0.1) is 0 Å². The predicted molar refractivity (Wildman–Crippen MR) is 82.9 cm³/mol. The van der Waals surface area contributed by atoms with Crippen molar-refractivity contribution < 1.29 is 5.11 Å². The first-order valence-corrected chi connectivity index (χ1v) is 7.39. The Labute approximate surface area is 121 Å². The summed E-state index contributed by atoms with van der Waals surface area (Å²) in [4.78, 5) is 0. The second-order valence-electron chi connectivity index (χ2n) is 5.78. The zero-order valence-electron chi connectivity index (χ0n) is 12.8. The van der Waals surface area contributed by atoms with Crippen molar-refractivity contribution in [2.75, 3.05) is 0 Å². The van der Waals surface area contributed by atoms with Crippen molar-refractivity contribution in [2.24, 2.45) is 5.92 Å². The van der Waals surface area contributed by atoms with E-state index in [9.17, 15) is 5.11 Å². The van der Waals surface area contributed by atoms with Crippen molar-refractivity contribution in [1.82, 2.24) is 9.78 Å². The smallest absolute Gasteiger partial charge is 0.164 e. The summed E-state index contributed by atoms with van der Waals surface area (Å²) < 4.78 is 1.97. The molecule has 20 heavy (non-hydrogen) atoms. The van der Waals surface area contributed by atoms with Crippen LogP contribution in [0.3, 0.4) is 0 Å². The van der Waals surface area contributed by atoms with E-state index >= 15 is 0 Å². The molecule has 0 unspecified atom stereocenters. The molecule has 108 valence electrons. The summed E-state index contributed by atoms with van der Waals surface area (Å²) in [5, 5.41) is 15.2. The van der Waals surface area contributed by atoms with Crippen LogP contribution >= 0.6 is 0 Å². The number of aromatic nitrogens is 2. The predicted octanol–water partition coefficient (Wildman–Crippen LogP) is 4.17. The van der Waals surface area contributed by atoms with Crippen LogP contribution in [0.1, 0.15) is 38.4 Å². The molecule has 1 aromatic heterocycles. The zero-order valence-corrected chi connectivity index (χ0v) is 12.8. The minimum absolute atomic E-state index is 0.349. The van der Waals surface area contributed by atoms with E-state index in [1.54, 1.807) is 0 Å². The lowest BCUT2D eigenvalue weighted by Crippen LogP contribution is -2.08. The second-order valence-corrected chi connectivity index (χ2v) is 5.78. The summed E-state index contributed by atoms with van der Waals surface area (Å²) in [5.41, 5.74) is 3.91. The lowest BCUT2D eigenvalue weighted by molar-refractivity contribution is 0.466. The fraction of sp³-hybridized carbons (Fsp3) is 0.471. The fourth-order valence-corrected chi connectivity index (χ4v) is 2.49. The van der Waals surface area contributed by atoms with Crippen molar-refractivity contribution in [3.05, 3.63) is 35.5 Å². The Morgan fingerprint density at radius 2 is 1.95 bits per heavy atom. The molecule has 0 fully saturated rings. The normalized spacial score (nSPS) is 11.2. The molecule has 0 atom stereocenters. The Morgan fingerprint density at radius 3 is 2.55 bits per heavy atom. The van der Waals surface area contributed by atoms with Crippen molar-refractivity contribution in [3.63, 3.8) is 0 Å². The number of benzene rings is 1. The van der Waals surface area contributed by atoms with Crippen molar-refractivity contribution in [1.29, 1.82) is 0 Å². The van der Waals surface area contributed by atoms with Crippen LogP contribution < -0.4 is 0 Å². The van der Waals surface area contributed by atoms with Crippen LogP contribution in [-0.4, -0.2) is 14.9 Å². The third kappa shape index (κ3) is 2.87. The first-order chi connectivity index (χ1) is 9.54. The van der Waals surface area contributed by atoms with Gasteiger partial charge in [0.25, 0.3) is 0 Å². The summed E-state index contributed by atoms with van der Waals surface area (Å²) in [7, 11) is 0. The molecule has 0 amide bonds. The molecule has 1 heterocycles. The van der Waals surface area contributed by atoms with E-state index < -0.39 is 0 Å². The standard InChI is InChI=1S/C17H24N2O/c1-5-8-15-17(20)16(19(18-15)11-12(2)3)14-10-7-6-9-13(14)4/h6-7,9-10,12,20H,5,8,11H2,1-4H3. The van der Waals surface area contributed by atoms with Crippen molar-refractivity contribution >= 4 is 0 Å². The Morgan fingerprint density at radius 1 is 1.25 bits per heavy atom. The first kappa shape index (κ1) is 14.6. The van der Waals surface area contributed by atoms with Gasteiger partial charge in [0.15, 0.2) is 5.75 Å². The van der Waals surface area contributed by atoms with Crippen LogP contribution in [0.4, 0.5) is 0 Å². The second kappa shape index (κ2) is 6.12. The molecular weight excluding hydrogens is 248 g/mol. The molecule has 0 bridgehead atoms. The molecule has 0 saturated carbocycles. The van der Waals surface area contributed by atoms with Crippen LogP contribution in [-0.2, 0) is 13.0 Å². The van der Waals surface area contributed by atoms with Gasteiger partial charge in [0, 0.05) is 12.1 Å². The van der Waals surface area contributed by atoms with Gasteiger partial charge >= 0.3 is 0 Å². The minimum atomic E-state index is 0.349. The summed E-state index contributed by atoms with van der Waals surface area (Å²) in [6, 6.07) is 8.15. The molecule has 0 spiro atoms. The minimum Gasteiger partial charge on any atom is -0.504 e. The van der Waals surface area contributed by atoms with Crippen molar-refractivity contribution in [3.8, 4) is 17.0 Å². The van der Waals surface area contributed by atoms with Gasteiger partial charge in [0.05, 0.1) is 0 Å². The van der Waals surface area contributed by atoms with Gasteiger partial charge in [0.1, 0.15) is 11.4 Å². The van der Waals surface area contributed by atoms with Crippen LogP contribution in [0.5, 0.6) is 5.75 Å². The first-order valence-electron chi connectivity index (χ1n) is 7.39. The molecule has 3 nitrogen and oxygen atoms in total. The van der Waals surface area contributed by atoms with E-state index in [2.05, 4.69) is 44.9 Å². The van der Waals surface area contributed by atoms with Gasteiger partial charge in [-0.3, -0.25) is 4.68 Å². The van der Waals surface area contributed by atoms with Gasteiger partial charge in [-0.25, -0.2) is 0 Å². The van der Waals surface area contributed by atoms with Gasteiger partial charge in [-0.05, 0) is 24.8 Å². The molecule has 0 aliphatic carbocycles. The van der Waals surface area contributed by atoms with E-state index in [0.717, 1.165) is 41.9 Å².